The summed E-state index contributed by atoms with van der Waals surface area (Å²) in [4.78, 5) is 21.7. The van der Waals surface area contributed by atoms with E-state index in [9.17, 15) is 9.59 Å². The molecule has 0 fully saturated rings. The molecule has 0 heterocycles. The first kappa shape index (κ1) is 12.8. The van der Waals surface area contributed by atoms with Gasteiger partial charge in [0.15, 0.2) is 0 Å². The van der Waals surface area contributed by atoms with Gasteiger partial charge in [0, 0.05) is 11.4 Å². The summed E-state index contributed by atoms with van der Waals surface area (Å²) < 4.78 is 4.73. The molecule has 3 N–H and O–H groups in total. The van der Waals surface area contributed by atoms with Crippen molar-refractivity contribution in [3.63, 3.8) is 0 Å². The van der Waals surface area contributed by atoms with Crippen molar-refractivity contribution in [1.82, 2.24) is 0 Å². The average Bonchev–Trinajstić information content (AvgIpc) is 2.22. The second-order valence-corrected chi connectivity index (χ2v) is 3.31. The van der Waals surface area contributed by atoms with E-state index in [0.717, 1.165) is 5.56 Å². The van der Waals surface area contributed by atoms with Crippen molar-refractivity contribution < 1.29 is 19.4 Å². The van der Waals surface area contributed by atoms with Crippen LogP contribution in [0.15, 0.2) is 18.2 Å². The minimum absolute atomic E-state index is 0.276. The van der Waals surface area contributed by atoms with Gasteiger partial charge in [0.1, 0.15) is 0 Å². The Hall–Kier alpha value is -2.24. The highest BCUT2D eigenvalue weighted by Crippen LogP contribution is 2.20. The highest BCUT2D eigenvalue weighted by molar-refractivity contribution is 5.89. The molecule has 0 aromatic heterocycles. The highest BCUT2D eigenvalue weighted by Gasteiger charge is 2.06. The number of benzene rings is 1. The van der Waals surface area contributed by atoms with E-state index in [1.165, 1.54) is 6.07 Å². The fourth-order valence-corrected chi connectivity index (χ4v) is 1.24. The summed E-state index contributed by atoms with van der Waals surface area (Å²) in [6.45, 7) is 3.78. The zero-order valence-electron chi connectivity index (χ0n) is 9.61. The lowest BCUT2D eigenvalue weighted by Gasteiger charge is -2.10. The van der Waals surface area contributed by atoms with Crippen molar-refractivity contribution in [3.05, 3.63) is 23.8 Å². The van der Waals surface area contributed by atoms with E-state index in [0.29, 0.717) is 11.4 Å². The third kappa shape index (κ3) is 4.02. The van der Waals surface area contributed by atoms with Crippen LogP contribution in [-0.2, 0) is 4.74 Å². The highest BCUT2D eigenvalue weighted by atomic mass is 16.5. The molecule has 0 aliphatic rings. The molecule has 0 saturated carbocycles. The molecular formula is C11H14N2O4. The van der Waals surface area contributed by atoms with Crippen LogP contribution in [0.2, 0.25) is 0 Å². The van der Waals surface area contributed by atoms with E-state index < -0.39 is 12.2 Å². The van der Waals surface area contributed by atoms with Crippen molar-refractivity contribution in [2.24, 2.45) is 0 Å². The number of aryl methyl sites for hydroxylation is 1. The molecule has 0 aliphatic heterocycles. The number of rotatable bonds is 3. The molecule has 2 amide bonds. The van der Waals surface area contributed by atoms with E-state index in [4.69, 9.17) is 9.84 Å². The van der Waals surface area contributed by atoms with E-state index in [1.54, 1.807) is 26.0 Å². The molecule has 1 aromatic carbocycles. The fourth-order valence-electron chi connectivity index (χ4n) is 1.24. The molecule has 6 nitrogen and oxygen atoms in total. The van der Waals surface area contributed by atoms with Crippen LogP contribution in [0.5, 0.6) is 0 Å². The number of amides is 2. The Morgan fingerprint density at radius 1 is 1.35 bits per heavy atom. The van der Waals surface area contributed by atoms with Gasteiger partial charge >= 0.3 is 12.2 Å². The van der Waals surface area contributed by atoms with Gasteiger partial charge in [-0.05, 0) is 31.5 Å². The Morgan fingerprint density at radius 3 is 2.65 bits per heavy atom. The minimum atomic E-state index is -1.16. The Bertz CT molecular complexity index is 431. The van der Waals surface area contributed by atoms with Gasteiger partial charge in [-0.15, -0.1) is 0 Å². The quantitative estimate of drug-likeness (QED) is 0.755. The molecule has 0 aliphatic carbocycles. The summed E-state index contributed by atoms with van der Waals surface area (Å²) in [5.41, 5.74) is 1.71. The predicted molar refractivity (Wildman–Crippen MR) is 63.5 cm³/mol. The minimum Gasteiger partial charge on any atom is -0.465 e. The number of hydrogen-bond donors (Lipinski definition) is 3. The number of carbonyl (C=O) groups excluding carboxylic acids is 1. The lowest BCUT2D eigenvalue weighted by atomic mass is 10.2. The largest absolute Gasteiger partial charge is 0.465 e. The van der Waals surface area contributed by atoms with E-state index in [2.05, 4.69) is 10.6 Å². The van der Waals surface area contributed by atoms with Crippen LogP contribution >= 0.6 is 0 Å². The normalized spacial score (nSPS) is 9.53. The molecule has 1 aromatic rings. The zero-order chi connectivity index (χ0) is 12.8. The third-order valence-corrected chi connectivity index (χ3v) is 2.00. The number of anilines is 2. The van der Waals surface area contributed by atoms with Gasteiger partial charge < -0.3 is 9.84 Å². The maximum Gasteiger partial charge on any atom is 0.411 e. The Labute approximate surface area is 98.6 Å². The summed E-state index contributed by atoms with van der Waals surface area (Å²) in [6.07, 6.45) is -1.72. The van der Waals surface area contributed by atoms with Gasteiger partial charge in [0.25, 0.3) is 0 Å². The SMILES string of the molecule is CCOC(=O)Nc1cc(NC(=O)O)ccc1C. The Kier molecular flexibility index (Phi) is 4.33. The second-order valence-electron chi connectivity index (χ2n) is 3.31. The number of nitrogens with one attached hydrogen (secondary N) is 2. The summed E-state index contributed by atoms with van der Waals surface area (Å²) in [6, 6.07) is 4.84. The number of carboxylic acid groups (broad SMARTS) is 1. The molecular weight excluding hydrogens is 224 g/mol. The van der Waals surface area contributed by atoms with Crippen LogP contribution in [0.4, 0.5) is 21.0 Å². The first-order valence-corrected chi connectivity index (χ1v) is 5.07. The molecule has 0 atom stereocenters. The monoisotopic (exact) mass is 238 g/mol. The molecule has 92 valence electrons. The molecule has 17 heavy (non-hydrogen) atoms. The van der Waals surface area contributed by atoms with Crippen molar-refractivity contribution in [1.29, 1.82) is 0 Å². The van der Waals surface area contributed by atoms with E-state index >= 15 is 0 Å². The van der Waals surface area contributed by atoms with Crippen molar-refractivity contribution in [3.8, 4) is 0 Å². The molecule has 0 bridgehead atoms. The number of ether oxygens (including phenoxy) is 1. The maximum atomic E-state index is 11.2. The maximum absolute atomic E-state index is 11.2. The van der Waals surface area contributed by atoms with E-state index in [-0.39, 0.29) is 6.61 Å². The van der Waals surface area contributed by atoms with Crippen LogP contribution in [0, 0.1) is 6.92 Å². The topological polar surface area (TPSA) is 87.7 Å². The third-order valence-electron chi connectivity index (χ3n) is 2.00. The summed E-state index contributed by atoms with van der Waals surface area (Å²) >= 11 is 0. The Morgan fingerprint density at radius 2 is 2.06 bits per heavy atom. The number of carbonyl (C=O) groups is 2. The lowest BCUT2D eigenvalue weighted by molar-refractivity contribution is 0.168. The predicted octanol–water partition coefficient (Wildman–Crippen LogP) is 2.65. The molecule has 0 saturated heterocycles. The first-order chi connectivity index (χ1) is 8.02. The average molecular weight is 238 g/mol. The van der Waals surface area contributed by atoms with Gasteiger partial charge in [-0.2, -0.15) is 0 Å². The Balaban J connectivity index is 2.83. The standard InChI is InChI=1S/C11H14N2O4/c1-3-17-11(16)13-9-6-8(12-10(14)15)5-4-7(9)2/h4-6,12H,3H2,1-2H3,(H,13,16)(H,14,15). The molecule has 6 heteroatoms. The van der Waals surface area contributed by atoms with Crippen LogP contribution in [0.25, 0.3) is 0 Å². The van der Waals surface area contributed by atoms with Crippen LogP contribution in [-0.4, -0.2) is 23.9 Å². The zero-order valence-corrected chi connectivity index (χ0v) is 9.61. The van der Waals surface area contributed by atoms with Crippen LogP contribution in [0.1, 0.15) is 12.5 Å². The van der Waals surface area contributed by atoms with Crippen molar-refractivity contribution >= 4 is 23.6 Å². The van der Waals surface area contributed by atoms with Crippen molar-refractivity contribution in [2.45, 2.75) is 13.8 Å². The van der Waals surface area contributed by atoms with Gasteiger partial charge in [0.2, 0.25) is 0 Å². The van der Waals surface area contributed by atoms with Crippen LogP contribution < -0.4 is 10.6 Å². The first-order valence-electron chi connectivity index (χ1n) is 5.07. The molecule has 0 spiro atoms. The summed E-state index contributed by atoms with van der Waals surface area (Å²) in [5, 5.41) is 13.3. The summed E-state index contributed by atoms with van der Waals surface area (Å²) in [7, 11) is 0. The van der Waals surface area contributed by atoms with E-state index in [1.807, 2.05) is 0 Å². The lowest BCUT2D eigenvalue weighted by Crippen LogP contribution is -2.14. The molecule has 1 rings (SSSR count). The van der Waals surface area contributed by atoms with Gasteiger partial charge in [-0.1, -0.05) is 6.07 Å². The molecule has 0 radical (unpaired) electrons. The molecule has 0 unspecified atom stereocenters. The van der Waals surface area contributed by atoms with Crippen LogP contribution in [0.3, 0.4) is 0 Å². The van der Waals surface area contributed by atoms with Crippen molar-refractivity contribution in [2.75, 3.05) is 17.2 Å². The second kappa shape index (κ2) is 5.74. The summed E-state index contributed by atoms with van der Waals surface area (Å²) in [5.74, 6) is 0. The van der Waals surface area contributed by atoms with Gasteiger partial charge in [0.05, 0.1) is 6.61 Å². The van der Waals surface area contributed by atoms with Gasteiger partial charge in [-0.3, -0.25) is 10.6 Å². The fraction of sp³-hybridized carbons (Fsp3) is 0.273. The smallest absolute Gasteiger partial charge is 0.411 e. The van der Waals surface area contributed by atoms with Gasteiger partial charge in [-0.25, -0.2) is 9.59 Å². The number of hydrogen-bond acceptors (Lipinski definition) is 3.